The van der Waals surface area contributed by atoms with Crippen LogP contribution in [0.25, 0.3) is 0 Å². The lowest BCUT2D eigenvalue weighted by atomic mass is 9.95. The van der Waals surface area contributed by atoms with Gasteiger partial charge in [-0.25, -0.2) is 0 Å². The Hall–Kier alpha value is -2.13. The molecule has 126 valence electrons. The van der Waals surface area contributed by atoms with Crippen molar-refractivity contribution in [3.8, 4) is 0 Å². The first-order valence-corrected chi connectivity index (χ1v) is 8.74. The molecule has 3 rings (SSSR count). The number of benzene rings is 2. The number of carbonyl (C=O) groups is 1. The minimum absolute atomic E-state index is 0.162. The summed E-state index contributed by atoms with van der Waals surface area (Å²) in [5.74, 6) is 0.162. The number of likely N-dealkylation sites (tertiary alicyclic amines) is 1. The zero-order valence-electron chi connectivity index (χ0n) is 14.5. The molecule has 1 aliphatic rings. The van der Waals surface area contributed by atoms with E-state index in [-0.39, 0.29) is 18.0 Å². The highest BCUT2D eigenvalue weighted by Gasteiger charge is 2.31. The van der Waals surface area contributed by atoms with Crippen molar-refractivity contribution in [2.45, 2.75) is 45.2 Å². The van der Waals surface area contributed by atoms with E-state index in [1.54, 1.807) is 0 Å². The van der Waals surface area contributed by atoms with Crippen LogP contribution < -0.4 is 5.73 Å². The van der Waals surface area contributed by atoms with Crippen LogP contribution in [0.3, 0.4) is 0 Å². The van der Waals surface area contributed by atoms with Crippen molar-refractivity contribution < 1.29 is 4.79 Å². The molecule has 1 fully saturated rings. The molecule has 1 heterocycles. The number of hydrogen-bond acceptors (Lipinski definition) is 2. The highest BCUT2D eigenvalue weighted by atomic mass is 16.2. The van der Waals surface area contributed by atoms with Gasteiger partial charge in [0.2, 0.25) is 5.91 Å². The van der Waals surface area contributed by atoms with Crippen molar-refractivity contribution in [1.29, 1.82) is 0 Å². The normalized spacial score (nSPS) is 18.6. The molecule has 0 saturated carbocycles. The molecule has 2 aromatic rings. The average molecular weight is 322 g/mol. The van der Waals surface area contributed by atoms with Gasteiger partial charge in [-0.1, -0.05) is 48.5 Å². The van der Waals surface area contributed by atoms with Crippen molar-refractivity contribution in [3.05, 3.63) is 70.8 Å². The summed E-state index contributed by atoms with van der Waals surface area (Å²) < 4.78 is 0. The van der Waals surface area contributed by atoms with E-state index >= 15 is 0 Å². The van der Waals surface area contributed by atoms with E-state index in [9.17, 15) is 4.79 Å². The maximum absolute atomic E-state index is 12.9. The van der Waals surface area contributed by atoms with Gasteiger partial charge in [0.1, 0.15) is 0 Å². The van der Waals surface area contributed by atoms with Crippen LogP contribution in [0.1, 0.15) is 53.6 Å². The quantitative estimate of drug-likeness (QED) is 0.923. The van der Waals surface area contributed by atoms with Crippen molar-refractivity contribution in [3.63, 3.8) is 0 Å². The van der Waals surface area contributed by atoms with Gasteiger partial charge >= 0.3 is 0 Å². The van der Waals surface area contributed by atoms with Gasteiger partial charge in [0.25, 0.3) is 0 Å². The molecular formula is C21H26N2O. The van der Waals surface area contributed by atoms with Crippen molar-refractivity contribution >= 4 is 5.91 Å². The van der Waals surface area contributed by atoms with E-state index in [1.807, 2.05) is 35.2 Å². The molecule has 2 aromatic carbocycles. The Morgan fingerprint density at radius 2 is 1.92 bits per heavy atom. The van der Waals surface area contributed by atoms with Gasteiger partial charge in [0, 0.05) is 19.0 Å². The molecule has 2 N–H and O–H groups in total. The molecule has 2 unspecified atom stereocenters. The van der Waals surface area contributed by atoms with Crippen LogP contribution in [0.2, 0.25) is 0 Å². The lowest BCUT2D eigenvalue weighted by Crippen LogP contribution is -2.33. The monoisotopic (exact) mass is 322 g/mol. The van der Waals surface area contributed by atoms with E-state index in [0.717, 1.165) is 24.9 Å². The molecule has 3 nitrogen and oxygen atoms in total. The van der Waals surface area contributed by atoms with E-state index in [0.29, 0.717) is 6.42 Å². The Morgan fingerprint density at radius 3 is 2.67 bits per heavy atom. The van der Waals surface area contributed by atoms with Crippen LogP contribution in [0.4, 0.5) is 0 Å². The number of aryl methyl sites for hydroxylation is 1. The Kier molecular flexibility index (Phi) is 5.00. The Bertz CT molecular complexity index is 711. The number of nitrogens with two attached hydrogens (primary N) is 1. The highest BCUT2D eigenvalue weighted by Crippen LogP contribution is 2.35. The molecule has 24 heavy (non-hydrogen) atoms. The van der Waals surface area contributed by atoms with Gasteiger partial charge in [0.15, 0.2) is 0 Å². The SMILES string of the molecule is Cc1cccc(C2CCCN2C(=O)CC(N)c2ccccc2)c1C. The van der Waals surface area contributed by atoms with Gasteiger partial charge in [0.05, 0.1) is 6.04 Å². The third-order valence-electron chi connectivity index (χ3n) is 5.20. The summed E-state index contributed by atoms with van der Waals surface area (Å²) in [4.78, 5) is 14.9. The molecular weight excluding hydrogens is 296 g/mol. The number of hydrogen-bond donors (Lipinski definition) is 1. The Balaban J connectivity index is 1.75. The molecule has 0 spiro atoms. The summed E-state index contributed by atoms with van der Waals surface area (Å²) in [6.07, 6.45) is 2.46. The standard InChI is InChI=1S/C21H26N2O/c1-15-8-6-11-18(16(15)2)20-12-7-13-23(20)21(24)14-19(22)17-9-4-3-5-10-17/h3-6,8-11,19-20H,7,12-14,22H2,1-2H3. The molecule has 1 aliphatic heterocycles. The molecule has 3 heteroatoms. The van der Waals surface area contributed by atoms with E-state index in [4.69, 9.17) is 5.73 Å². The molecule has 0 bridgehead atoms. The molecule has 0 aromatic heterocycles. The van der Waals surface area contributed by atoms with Gasteiger partial charge in [-0.3, -0.25) is 4.79 Å². The fraction of sp³-hybridized carbons (Fsp3) is 0.381. The molecule has 2 atom stereocenters. The first-order chi connectivity index (χ1) is 11.6. The maximum Gasteiger partial charge on any atom is 0.224 e. The fourth-order valence-electron chi connectivity index (χ4n) is 3.65. The van der Waals surface area contributed by atoms with Crippen LogP contribution >= 0.6 is 0 Å². The smallest absolute Gasteiger partial charge is 0.224 e. The fourth-order valence-corrected chi connectivity index (χ4v) is 3.65. The van der Waals surface area contributed by atoms with Crippen LogP contribution in [0.15, 0.2) is 48.5 Å². The number of nitrogens with zero attached hydrogens (tertiary/aromatic N) is 1. The maximum atomic E-state index is 12.9. The number of amides is 1. The molecule has 0 aliphatic carbocycles. The van der Waals surface area contributed by atoms with Crippen molar-refractivity contribution in [2.75, 3.05) is 6.54 Å². The number of rotatable bonds is 4. The van der Waals surface area contributed by atoms with E-state index in [1.165, 1.54) is 16.7 Å². The van der Waals surface area contributed by atoms with Crippen LogP contribution in [0, 0.1) is 13.8 Å². The third-order valence-corrected chi connectivity index (χ3v) is 5.20. The molecule has 1 saturated heterocycles. The molecule has 1 amide bonds. The summed E-state index contributed by atoms with van der Waals surface area (Å²) in [6, 6.07) is 16.2. The second kappa shape index (κ2) is 7.18. The van der Waals surface area contributed by atoms with Crippen LogP contribution in [-0.4, -0.2) is 17.4 Å². The molecule has 0 radical (unpaired) electrons. The summed E-state index contributed by atoms with van der Waals surface area (Å²) in [6.45, 7) is 5.12. The van der Waals surface area contributed by atoms with Crippen LogP contribution in [0.5, 0.6) is 0 Å². The summed E-state index contributed by atoms with van der Waals surface area (Å²) >= 11 is 0. The van der Waals surface area contributed by atoms with Gasteiger partial charge in [-0.2, -0.15) is 0 Å². The van der Waals surface area contributed by atoms with E-state index < -0.39 is 0 Å². The van der Waals surface area contributed by atoms with E-state index in [2.05, 4.69) is 32.0 Å². The van der Waals surface area contributed by atoms with Gasteiger partial charge in [-0.05, 0) is 48.9 Å². The predicted octanol–water partition coefficient (Wildman–Crippen LogP) is 4.06. The summed E-state index contributed by atoms with van der Waals surface area (Å²) in [7, 11) is 0. The van der Waals surface area contributed by atoms with Crippen LogP contribution in [-0.2, 0) is 4.79 Å². The largest absolute Gasteiger partial charge is 0.336 e. The number of carbonyl (C=O) groups excluding carboxylic acids is 1. The van der Waals surface area contributed by atoms with Gasteiger partial charge < -0.3 is 10.6 Å². The lowest BCUT2D eigenvalue weighted by Gasteiger charge is -2.28. The van der Waals surface area contributed by atoms with Gasteiger partial charge in [-0.15, -0.1) is 0 Å². The first-order valence-electron chi connectivity index (χ1n) is 8.74. The minimum Gasteiger partial charge on any atom is -0.336 e. The minimum atomic E-state index is -0.237. The topological polar surface area (TPSA) is 46.3 Å². The average Bonchev–Trinajstić information content (AvgIpc) is 3.07. The second-order valence-corrected chi connectivity index (χ2v) is 6.76. The zero-order valence-corrected chi connectivity index (χ0v) is 14.5. The Labute approximate surface area is 144 Å². The third kappa shape index (κ3) is 3.36. The lowest BCUT2D eigenvalue weighted by molar-refractivity contribution is -0.132. The summed E-state index contributed by atoms with van der Waals surface area (Å²) in [5, 5.41) is 0. The van der Waals surface area contributed by atoms with Crippen molar-refractivity contribution in [1.82, 2.24) is 4.90 Å². The highest BCUT2D eigenvalue weighted by molar-refractivity contribution is 5.78. The first kappa shape index (κ1) is 16.7. The predicted molar refractivity (Wildman–Crippen MR) is 97.6 cm³/mol. The summed E-state index contributed by atoms with van der Waals surface area (Å²) in [5.41, 5.74) is 11.1. The zero-order chi connectivity index (χ0) is 17.1. The Morgan fingerprint density at radius 1 is 1.17 bits per heavy atom. The second-order valence-electron chi connectivity index (χ2n) is 6.76. The van der Waals surface area contributed by atoms with Crippen molar-refractivity contribution in [2.24, 2.45) is 5.73 Å².